The van der Waals surface area contributed by atoms with Crippen molar-refractivity contribution in [3.63, 3.8) is 0 Å². The Morgan fingerprint density at radius 2 is 1.83 bits per heavy atom. The van der Waals surface area contributed by atoms with Crippen LogP contribution < -0.4 is 15.4 Å². The van der Waals surface area contributed by atoms with Gasteiger partial charge < -0.3 is 24.7 Å². The van der Waals surface area contributed by atoms with Crippen molar-refractivity contribution in [1.82, 2.24) is 30.2 Å². The van der Waals surface area contributed by atoms with Crippen LogP contribution in [0.25, 0.3) is 11.5 Å². The molecule has 35 heavy (non-hydrogen) atoms. The number of ether oxygens (including phenoxy) is 2. The van der Waals surface area contributed by atoms with Crippen LogP contribution in [0.5, 0.6) is 5.88 Å². The fraction of sp³-hybridized carbons (Fsp3) is 0.692. The highest BCUT2D eigenvalue weighted by Gasteiger charge is 2.21. The van der Waals surface area contributed by atoms with Gasteiger partial charge in [-0.2, -0.15) is 4.98 Å². The van der Waals surface area contributed by atoms with Crippen molar-refractivity contribution in [2.24, 2.45) is 13.0 Å². The van der Waals surface area contributed by atoms with Gasteiger partial charge in [-0.3, -0.25) is 4.79 Å². The number of rotatable bonds is 6. The molecule has 2 aromatic rings. The van der Waals surface area contributed by atoms with Crippen LogP contribution in [-0.4, -0.2) is 64.4 Å². The van der Waals surface area contributed by atoms with Gasteiger partial charge in [-0.1, -0.05) is 25.7 Å². The number of nitrogens with zero attached hydrogens (tertiary/aromatic N) is 4. The molecular formula is C26H40N6O3. The van der Waals surface area contributed by atoms with Crippen molar-refractivity contribution in [1.29, 1.82) is 0 Å². The lowest BCUT2D eigenvalue weighted by molar-refractivity contribution is 0.0490. The van der Waals surface area contributed by atoms with Crippen molar-refractivity contribution in [2.75, 3.05) is 32.9 Å². The second-order valence-corrected chi connectivity index (χ2v) is 9.79. The highest BCUT2D eigenvalue weighted by molar-refractivity contribution is 5.93. The molecule has 1 amide bonds. The Balaban J connectivity index is 0.000000421. The molecular weight excluding hydrogens is 444 g/mol. The van der Waals surface area contributed by atoms with Crippen LogP contribution in [0.3, 0.4) is 0 Å². The summed E-state index contributed by atoms with van der Waals surface area (Å²) in [5.41, 5.74) is 1.08. The molecule has 192 valence electrons. The smallest absolute Gasteiger partial charge is 0.270 e. The van der Waals surface area contributed by atoms with E-state index < -0.39 is 0 Å². The van der Waals surface area contributed by atoms with Gasteiger partial charge in [-0.15, -0.1) is 0 Å². The van der Waals surface area contributed by atoms with E-state index in [4.69, 9.17) is 9.47 Å². The maximum Gasteiger partial charge on any atom is 0.270 e. The van der Waals surface area contributed by atoms with Crippen molar-refractivity contribution in [2.45, 2.75) is 70.3 Å². The Morgan fingerprint density at radius 3 is 2.46 bits per heavy atom. The first-order valence-corrected chi connectivity index (χ1v) is 13.3. The largest absolute Gasteiger partial charge is 0.477 e. The number of nitrogens with one attached hydrogen (secondary N) is 2. The Hall–Kier alpha value is -2.52. The van der Waals surface area contributed by atoms with Crippen LogP contribution in [0, 0.1) is 5.92 Å². The molecule has 9 nitrogen and oxygen atoms in total. The molecule has 3 fully saturated rings. The highest BCUT2D eigenvalue weighted by Crippen LogP contribution is 2.22. The summed E-state index contributed by atoms with van der Waals surface area (Å²) in [6, 6.07) is 1.87. The average molecular weight is 485 g/mol. The summed E-state index contributed by atoms with van der Waals surface area (Å²) in [4.78, 5) is 26.1. The molecule has 2 aliphatic heterocycles. The van der Waals surface area contributed by atoms with Gasteiger partial charge in [0.25, 0.3) is 5.91 Å². The minimum absolute atomic E-state index is 0.168. The molecule has 0 radical (unpaired) electrons. The van der Waals surface area contributed by atoms with Gasteiger partial charge in [-0.05, 0) is 57.5 Å². The Bertz CT molecular complexity index is 906. The van der Waals surface area contributed by atoms with Crippen LogP contribution in [0.2, 0.25) is 0 Å². The maximum absolute atomic E-state index is 12.9. The topological polar surface area (TPSA) is 103 Å². The zero-order valence-electron chi connectivity index (χ0n) is 21.0. The van der Waals surface area contributed by atoms with Gasteiger partial charge in [0.05, 0.1) is 19.1 Å². The molecule has 5 rings (SSSR count). The minimum Gasteiger partial charge on any atom is -0.477 e. The van der Waals surface area contributed by atoms with E-state index >= 15 is 0 Å². The number of aromatic nitrogens is 4. The molecule has 2 N–H and O–H groups in total. The Morgan fingerprint density at radius 1 is 1.09 bits per heavy atom. The molecule has 0 aromatic carbocycles. The predicted molar refractivity (Wildman–Crippen MR) is 134 cm³/mol. The summed E-state index contributed by atoms with van der Waals surface area (Å²) in [6.07, 6.45) is 15.2. The highest BCUT2D eigenvalue weighted by atomic mass is 16.5. The van der Waals surface area contributed by atoms with Crippen molar-refractivity contribution in [3.05, 3.63) is 24.3 Å². The van der Waals surface area contributed by atoms with Crippen LogP contribution in [0.15, 0.2) is 18.6 Å². The van der Waals surface area contributed by atoms with Gasteiger partial charge in [-0.25, -0.2) is 9.97 Å². The van der Waals surface area contributed by atoms with Gasteiger partial charge in [0.1, 0.15) is 11.4 Å². The van der Waals surface area contributed by atoms with E-state index in [0.29, 0.717) is 29.9 Å². The third-order valence-electron chi connectivity index (χ3n) is 6.94. The van der Waals surface area contributed by atoms with Crippen LogP contribution in [0.4, 0.5) is 0 Å². The van der Waals surface area contributed by atoms with Crippen molar-refractivity contribution in [3.8, 4) is 17.4 Å². The summed E-state index contributed by atoms with van der Waals surface area (Å²) in [7, 11) is 1.88. The van der Waals surface area contributed by atoms with E-state index in [0.717, 1.165) is 57.4 Å². The van der Waals surface area contributed by atoms with Crippen molar-refractivity contribution >= 4 is 5.91 Å². The van der Waals surface area contributed by atoms with E-state index in [9.17, 15) is 4.79 Å². The van der Waals surface area contributed by atoms with Crippen molar-refractivity contribution < 1.29 is 14.3 Å². The Kier molecular flexibility index (Phi) is 9.89. The lowest BCUT2D eigenvalue weighted by atomic mass is 9.95. The third-order valence-corrected chi connectivity index (χ3v) is 6.94. The van der Waals surface area contributed by atoms with Gasteiger partial charge in [0, 0.05) is 32.4 Å². The lowest BCUT2D eigenvalue weighted by Crippen LogP contribution is -2.36. The number of aryl methyl sites for hydroxylation is 1. The van der Waals surface area contributed by atoms with Gasteiger partial charge in [0.15, 0.2) is 5.82 Å². The van der Waals surface area contributed by atoms with Gasteiger partial charge in [0.2, 0.25) is 5.88 Å². The standard InChI is InChI=1S/C21H29N5O3.C5H11N/c1-26-14-22-12-18(26)20-24-17(21(27)23-16-5-3-2-4-6-16)11-19(25-20)29-13-15-7-9-28-10-8-15;1-2-4-6-5-3-1/h11-12,14-16H,2-10,13H2,1H3,(H,23,27);6H,1-5H2. The second kappa shape index (κ2) is 13.5. The summed E-state index contributed by atoms with van der Waals surface area (Å²) in [5.74, 6) is 1.15. The summed E-state index contributed by atoms with van der Waals surface area (Å²) in [6.45, 7) is 4.61. The van der Waals surface area contributed by atoms with Crippen LogP contribution in [0.1, 0.15) is 74.7 Å². The third kappa shape index (κ3) is 8.00. The molecule has 9 heteroatoms. The van der Waals surface area contributed by atoms with Gasteiger partial charge >= 0.3 is 0 Å². The number of imidazole rings is 1. The average Bonchev–Trinajstić information content (AvgIpc) is 3.36. The zero-order valence-corrected chi connectivity index (χ0v) is 21.0. The number of hydrogen-bond donors (Lipinski definition) is 2. The molecule has 0 atom stereocenters. The lowest BCUT2D eigenvalue weighted by Gasteiger charge is -2.23. The van der Waals surface area contributed by atoms with E-state index in [1.165, 1.54) is 38.8 Å². The molecule has 1 aliphatic carbocycles. The molecule has 3 aliphatic rings. The van der Waals surface area contributed by atoms with E-state index in [2.05, 4.69) is 25.6 Å². The second-order valence-electron chi connectivity index (χ2n) is 9.79. The van der Waals surface area contributed by atoms with Crippen LogP contribution in [-0.2, 0) is 11.8 Å². The first-order valence-electron chi connectivity index (χ1n) is 13.3. The molecule has 1 saturated carbocycles. The summed E-state index contributed by atoms with van der Waals surface area (Å²) >= 11 is 0. The SMILES string of the molecule is C1CCNCC1.Cn1cncc1-c1nc(OCC2CCOCC2)cc(C(=O)NC2CCCCC2)n1. The number of piperidine rings is 1. The number of amides is 1. The number of carbonyl (C=O) groups is 1. The molecule has 0 bridgehead atoms. The first kappa shape index (κ1) is 25.6. The molecule has 0 spiro atoms. The fourth-order valence-electron chi connectivity index (χ4n) is 4.73. The van der Waals surface area contributed by atoms with E-state index in [-0.39, 0.29) is 11.9 Å². The van der Waals surface area contributed by atoms with Crippen LogP contribution >= 0.6 is 0 Å². The number of carbonyl (C=O) groups excluding carboxylic acids is 1. The minimum atomic E-state index is -0.168. The normalized spacial score (nSPS) is 19.5. The molecule has 2 aromatic heterocycles. The monoisotopic (exact) mass is 484 g/mol. The predicted octanol–water partition coefficient (Wildman–Crippen LogP) is 3.50. The molecule has 2 saturated heterocycles. The van der Waals surface area contributed by atoms with E-state index in [1.807, 2.05) is 11.6 Å². The zero-order chi connectivity index (χ0) is 24.3. The summed E-state index contributed by atoms with van der Waals surface area (Å²) < 4.78 is 13.2. The quantitative estimate of drug-likeness (QED) is 0.647. The molecule has 0 unspecified atom stereocenters. The molecule has 4 heterocycles. The fourth-order valence-corrected chi connectivity index (χ4v) is 4.73. The maximum atomic E-state index is 12.9. The first-order chi connectivity index (χ1) is 17.2. The number of hydrogen-bond acceptors (Lipinski definition) is 7. The van der Waals surface area contributed by atoms with E-state index in [1.54, 1.807) is 18.6 Å². The summed E-state index contributed by atoms with van der Waals surface area (Å²) in [5, 5.41) is 6.42. The Labute approximate surface area is 208 Å².